The molecule has 0 unspecified atom stereocenters. The number of benzene rings is 1. The van der Waals surface area contributed by atoms with Crippen molar-refractivity contribution in [1.29, 1.82) is 0 Å². The highest BCUT2D eigenvalue weighted by Crippen LogP contribution is 2.24. The van der Waals surface area contributed by atoms with E-state index in [4.69, 9.17) is 16.2 Å². The summed E-state index contributed by atoms with van der Waals surface area (Å²) in [4.78, 5) is 0. The SMILES string of the molecule is C[N+]1(CCCOc2ccc(N)cc2N)CCCC1. The number of likely N-dealkylation sites (tertiary alicyclic amines) is 1. The van der Waals surface area contributed by atoms with Gasteiger partial charge in [-0.1, -0.05) is 0 Å². The number of rotatable bonds is 5. The van der Waals surface area contributed by atoms with Crippen LogP contribution in [0, 0.1) is 0 Å². The van der Waals surface area contributed by atoms with Gasteiger partial charge in [0.1, 0.15) is 5.75 Å². The van der Waals surface area contributed by atoms with Crippen LogP contribution in [0.5, 0.6) is 5.75 Å². The summed E-state index contributed by atoms with van der Waals surface area (Å²) >= 11 is 0. The van der Waals surface area contributed by atoms with Crippen molar-refractivity contribution >= 4 is 11.4 Å². The van der Waals surface area contributed by atoms with Gasteiger partial charge in [-0.2, -0.15) is 0 Å². The lowest BCUT2D eigenvalue weighted by Gasteiger charge is -2.29. The average Bonchev–Trinajstić information content (AvgIpc) is 2.74. The van der Waals surface area contributed by atoms with Crippen molar-refractivity contribution in [2.24, 2.45) is 0 Å². The summed E-state index contributed by atoms with van der Waals surface area (Å²) in [6.45, 7) is 4.53. The Hall–Kier alpha value is -1.42. The summed E-state index contributed by atoms with van der Waals surface area (Å²) in [5.74, 6) is 0.744. The molecule has 1 fully saturated rings. The number of hydrogen-bond acceptors (Lipinski definition) is 3. The molecule has 0 amide bonds. The Labute approximate surface area is 109 Å². The van der Waals surface area contributed by atoms with Crippen LogP contribution in [-0.4, -0.2) is 37.8 Å². The van der Waals surface area contributed by atoms with Crippen molar-refractivity contribution in [1.82, 2.24) is 0 Å². The fourth-order valence-electron chi connectivity index (χ4n) is 2.65. The Morgan fingerprint density at radius 1 is 1.22 bits per heavy atom. The van der Waals surface area contributed by atoms with E-state index in [9.17, 15) is 0 Å². The van der Waals surface area contributed by atoms with E-state index in [1.54, 1.807) is 6.07 Å². The topological polar surface area (TPSA) is 61.3 Å². The van der Waals surface area contributed by atoms with Crippen molar-refractivity contribution in [3.8, 4) is 5.75 Å². The van der Waals surface area contributed by atoms with Gasteiger partial charge in [0.25, 0.3) is 0 Å². The van der Waals surface area contributed by atoms with E-state index in [1.807, 2.05) is 12.1 Å². The number of nitrogens with zero attached hydrogens (tertiary/aromatic N) is 1. The molecule has 0 bridgehead atoms. The summed E-state index contributed by atoms with van der Waals surface area (Å²) in [6, 6.07) is 5.40. The normalized spacial score (nSPS) is 17.8. The molecule has 4 heteroatoms. The standard InChI is InChI=1S/C14H24N3O/c1-17(7-2-3-8-17)9-4-10-18-14-6-5-12(15)11-13(14)16/h5-6,11H,2-4,7-10,15-16H2,1H3/q+1. The Morgan fingerprint density at radius 3 is 2.61 bits per heavy atom. The van der Waals surface area contributed by atoms with Gasteiger partial charge >= 0.3 is 0 Å². The third-order valence-corrected chi connectivity index (χ3v) is 3.78. The molecular weight excluding hydrogens is 226 g/mol. The molecule has 0 aromatic heterocycles. The maximum atomic E-state index is 5.84. The highest BCUT2D eigenvalue weighted by Gasteiger charge is 2.25. The monoisotopic (exact) mass is 250 g/mol. The van der Waals surface area contributed by atoms with Crippen LogP contribution in [0.4, 0.5) is 11.4 Å². The number of ether oxygens (including phenoxy) is 1. The zero-order valence-electron chi connectivity index (χ0n) is 11.2. The van der Waals surface area contributed by atoms with Gasteiger partial charge in [-0.25, -0.2) is 0 Å². The van der Waals surface area contributed by atoms with Crippen LogP contribution in [0.3, 0.4) is 0 Å². The quantitative estimate of drug-likeness (QED) is 0.476. The largest absolute Gasteiger partial charge is 0.491 e. The van der Waals surface area contributed by atoms with Gasteiger partial charge in [-0.05, 0) is 18.2 Å². The van der Waals surface area contributed by atoms with Gasteiger partial charge in [0.05, 0.1) is 39.0 Å². The Kier molecular flexibility index (Phi) is 3.97. The van der Waals surface area contributed by atoms with Gasteiger partial charge in [-0.15, -0.1) is 0 Å². The molecule has 1 heterocycles. The number of nitrogens with two attached hydrogens (primary N) is 2. The summed E-state index contributed by atoms with van der Waals surface area (Å²) in [5.41, 5.74) is 12.8. The molecule has 0 saturated carbocycles. The second-order valence-electron chi connectivity index (χ2n) is 5.50. The van der Waals surface area contributed by atoms with E-state index in [0.717, 1.165) is 18.8 Å². The molecule has 1 aromatic carbocycles. The van der Waals surface area contributed by atoms with Gasteiger partial charge in [0.2, 0.25) is 0 Å². The Bertz CT molecular complexity index is 400. The van der Waals surface area contributed by atoms with Gasteiger partial charge in [-0.3, -0.25) is 0 Å². The summed E-state index contributed by atoms with van der Waals surface area (Å²) in [5, 5.41) is 0. The molecule has 1 aromatic rings. The highest BCUT2D eigenvalue weighted by molar-refractivity contribution is 5.60. The minimum atomic E-state index is 0.622. The Balaban J connectivity index is 1.75. The molecule has 1 saturated heterocycles. The van der Waals surface area contributed by atoms with E-state index >= 15 is 0 Å². The fraction of sp³-hybridized carbons (Fsp3) is 0.571. The third-order valence-electron chi connectivity index (χ3n) is 3.78. The molecule has 18 heavy (non-hydrogen) atoms. The van der Waals surface area contributed by atoms with Crippen molar-refractivity contribution < 1.29 is 9.22 Å². The minimum absolute atomic E-state index is 0.622. The van der Waals surface area contributed by atoms with Crippen LogP contribution in [0.15, 0.2) is 18.2 Å². The first kappa shape index (κ1) is 13.0. The van der Waals surface area contributed by atoms with Gasteiger partial charge < -0.3 is 20.7 Å². The second kappa shape index (κ2) is 5.48. The molecule has 1 aliphatic rings. The van der Waals surface area contributed by atoms with Crippen LogP contribution in [0.25, 0.3) is 0 Å². The van der Waals surface area contributed by atoms with Crippen LogP contribution >= 0.6 is 0 Å². The minimum Gasteiger partial charge on any atom is -0.491 e. The van der Waals surface area contributed by atoms with E-state index < -0.39 is 0 Å². The lowest BCUT2D eigenvalue weighted by Crippen LogP contribution is -2.42. The smallest absolute Gasteiger partial charge is 0.142 e. The Morgan fingerprint density at radius 2 is 1.94 bits per heavy atom. The fourth-order valence-corrected chi connectivity index (χ4v) is 2.65. The first-order chi connectivity index (χ1) is 8.59. The summed E-state index contributed by atoms with van der Waals surface area (Å²) < 4.78 is 6.90. The lowest BCUT2D eigenvalue weighted by molar-refractivity contribution is -0.897. The van der Waals surface area contributed by atoms with Crippen LogP contribution in [0.1, 0.15) is 19.3 Å². The van der Waals surface area contributed by atoms with Crippen LogP contribution < -0.4 is 16.2 Å². The number of quaternary nitrogens is 1. The van der Waals surface area contributed by atoms with Gasteiger partial charge in [0.15, 0.2) is 0 Å². The summed E-state index contributed by atoms with van der Waals surface area (Å²) in [6.07, 6.45) is 3.80. The zero-order chi connectivity index (χ0) is 13.0. The van der Waals surface area contributed by atoms with Gasteiger partial charge in [0, 0.05) is 24.9 Å². The molecule has 1 aliphatic heterocycles. The first-order valence-electron chi connectivity index (χ1n) is 6.70. The molecular formula is C14H24N3O+. The van der Waals surface area contributed by atoms with Crippen molar-refractivity contribution in [2.45, 2.75) is 19.3 Å². The van der Waals surface area contributed by atoms with Crippen molar-refractivity contribution in [3.63, 3.8) is 0 Å². The third kappa shape index (κ3) is 3.29. The predicted octanol–water partition coefficient (Wildman–Crippen LogP) is 1.86. The lowest BCUT2D eigenvalue weighted by atomic mass is 10.2. The molecule has 0 atom stereocenters. The maximum Gasteiger partial charge on any atom is 0.142 e. The van der Waals surface area contributed by atoms with Crippen molar-refractivity contribution in [3.05, 3.63) is 18.2 Å². The molecule has 100 valence electrons. The second-order valence-corrected chi connectivity index (χ2v) is 5.50. The molecule has 0 radical (unpaired) electrons. The van der Waals surface area contributed by atoms with Crippen LogP contribution in [0.2, 0.25) is 0 Å². The van der Waals surface area contributed by atoms with E-state index in [0.29, 0.717) is 11.4 Å². The van der Waals surface area contributed by atoms with Crippen LogP contribution in [-0.2, 0) is 0 Å². The maximum absolute atomic E-state index is 5.84. The molecule has 4 N–H and O–H groups in total. The number of hydrogen-bond donors (Lipinski definition) is 2. The number of anilines is 2. The zero-order valence-corrected chi connectivity index (χ0v) is 11.2. The summed E-state index contributed by atoms with van der Waals surface area (Å²) in [7, 11) is 2.34. The van der Waals surface area contributed by atoms with E-state index in [1.165, 1.54) is 37.0 Å². The first-order valence-corrected chi connectivity index (χ1v) is 6.70. The number of nitrogen functional groups attached to an aromatic ring is 2. The highest BCUT2D eigenvalue weighted by atomic mass is 16.5. The van der Waals surface area contributed by atoms with Crippen molar-refractivity contribution in [2.75, 3.05) is 44.8 Å². The molecule has 4 nitrogen and oxygen atoms in total. The molecule has 0 aliphatic carbocycles. The molecule has 2 rings (SSSR count). The predicted molar refractivity (Wildman–Crippen MR) is 75.4 cm³/mol. The average molecular weight is 250 g/mol. The molecule has 0 spiro atoms. The van der Waals surface area contributed by atoms with E-state index in [-0.39, 0.29) is 0 Å². The van der Waals surface area contributed by atoms with E-state index in [2.05, 4.69) is 7.05 Å².